The molecule has 2 atom stereocenters. The number of hydrogen-bond donors (Lipinski definition) is 2. The highest BCUT2D eigenvalue weighted by atomic mass is 35.5. The number of carboxylic acid groups (broad SMARTS) is 1. The Kier molecular flexibility index (Phi) is 5.11. The van der Waals surface area contributed by atoms with E-state index in [4.69, 9.17) is 22.0 Å². The maximum absolute atomic E-state index is 12.1. The van der Waals surface area contributed by atoms with Crippen molar-refractivity contribution in [3.05, 3.63) is 28.8 Å². The second kappa shape index (κ2) is 6.22. The van der Waals surface area contributed by atoms with E-state index in [0.29, 0.717) is 0 Å². The van der Waals surface area contributed by atoms with Crippen molar-refractivity contribution in [2.75, 3.05) is 0 Å². The van der Waals surface area contributed by atoms with Gasteiger partial charge in [-0.1, -0.05) is 18.5 Å². The van der Waals surface area contributed by atoms with E-state index in [9.17, 15) is 13.2 Å². The number of carboxylic acids is 1. The van der Waals surface area contributed by atoms with Gasteiger partial charge in [0.15, 0.2) is 0 Å². The van der Waals surface area contributed by atoms with E-state index in [-0.39, 0.29) is 15.5 Å². The van der Waals surface area contributed by atoms with E-state index in [2.05, 4.69) is 4.72 Å². The zero-order valence-corrected chi connectivity index (χ0v) is 12.4. The maximum Gasteiger partial charge on any atom is 0.307 e. The summed E-state index contributed by atoms with van der Waals surface area (Å²) in [6, 6.07) is 4.73. The minimum absolute atomic E-state index is 0.0225. The molecule has 0 amide bonds. The summed E-state index contributed by atoms with van der Waals surface area (Å²) in [6.07, 6.45) is 0. The Bertz CT molecular complexity index is 667. The number of nitriles is 1. The first-order chi connectivity index (χ1) is 9.19. The van der Waals surface area contributed by atoms with Crippen LogP contribution in [0.3, 0.4) is 0 Å². The summed E-state index contributed by atoms with van der Waals surface area (Å²) < 4.78 is 26.4. The number of sulfonamides is 1. The molecule has 0 radical (unpaired) electrons. The molecule has 0 saturated carbocycles. The van der Waals surface area contributed by atoms with Crippen molar-refractivity contribution in [1.29, 1.82) is 5.26 Å². The second-order valence-electron chi connectivity index (χ2n) is 4.29. The molecule has 0 bridgehead atoms. The Morgan fingerprint density at radius 3 is 2.50 bits per heavy atom. The van der Waals surface area contributed by atoms with Crippen molar-refractivity contribution in [3.8, 4) is 6.07 Å². The molecule has 0 aliphatic carbocycles. The summed E-state index contributed by atoms with van der Waals surface area (Å²) in [5.41, 5.74) is 0.164. The summed E-state index contributed by atoms with van der Waals surface area (Å²) in [4.78, 5) is 10.7. The summed E-state index contributed by atoms with van der Waals surface area (Å²) in [5.74, 6) is -1.98. The average Bonchev–Trinajstić information content (AvgIpc) is 2.36. The number of aliphatic carboxylic acids is 1. The van der Waals surface area contributed by atoms with Gasteiger partial charge in [0.2, 0.25) is 10.0 Å². The number of halogens is 1. The first-order valence-corrected chi connectivity index (χ1v) is 7.50. The third-order valence-electron chi connectivity index (χ3n) is 2.85. The highest BCUT2D eigenvalue weighted by molar-refractivity contribution is 7.89. The normalized spacial score (nSPS) is 14.3. The topological polar surface area (TPSA) is 107 Å². The summed E-state index contributed by atoms with van der Waals surface area (Å²) in [6.45, 7) is 2.86. The van der Waals surface area contributed by atoms with E-state index < -0.39 is 28.0 Å². The lowest BCUT2D eigenvalue weighted by Gasteiger charge is -2.17. The number of nitrogens with one attached hydrogen (secondary N) is 1. The van der Waals surface area contributed by atoms with Crippen molar-refractivity contribution >= 4 is 27.6 Å². The first kappa shape index (κ1) is 16.4. The Morgan fingerprint density at radius 2 is 2.05 bits per heavy atom. The Hall–Kier alpha value is -1.62. The molecular formula is C12H13ClN2O4S. The predicted octanol–water partition coefficient (Wildman–Crippen LogP) is 1.60. The third-order valence-corrected chi connectivity index (χ3v) is 4.72. The molecule has 0 aliphatic rings. The van der Waals surface area contributed by atoms with Gasteiger partial charge >= 0.3 is 5.97 Å². The zero-order chi connectivity index (χ0) is 15.5. The highest BCUT2D eigenvalue weighted by Gasteiger charge is 2.25. The lowest BCUT2D eigenvalue weighted by atomic mass is 10.1. The van der Waals surface area contributed by atoms with Gasteiger partial charge in [-0.3, -0.25) is 4.79 Å². The van der Waals surface area contributed by atoms with Crippen LogP contribution in [-0.4, -0.2) is 25.5 Å². The smallest absolute Gasteiger partial charge is 0.307 e. The quantitative estimate of drug-likeness (QED) is 0.858. The van der Waals surface area contributed by atoms with E-state index in [1.165, 1.54) is 26.0 Å². The zero-order valence-electron chi connectivity index (χ0n) is 10.8. The maximum atomic E-state index is 12.1. The van der Waals surface area contributed by atoms with Gasteiger partial charge in [0, 0.05) is 6.04 Å². The molecule has 8 heteroatoms. The van der Waals surface area contributed by atoms with Crippen LogP contribution < -0.4 is 4.72 Å². The van der Waals surface area contributed by atoms with Crippen LogP contribution in [0.5, 0.6) is 0 Å². The van der Waals surface area contributed by atoms with E-state index in [1.807, 2.05) is 6.07 Å². The molecular weight excluding hydrogens is 304 g/mol. The predicted molar refractivity (Wildman–Crippen MR) is 72.8 cm³/mol. The molecule has 20 heavy (non-hydrogen) atoms. The molecule has 0 saturated heterocycles. The minimum Gasteiger partial charge on any atom is -0.481 e. The molecule has 0 spiro atoms. The van der Waals surface area contributed by atoms with Crippen molar-refractivity contribution in [3.63, 3.8) is 0 Å². The number of benzene rings is 1. The SMILES string of the molecule is CC(NS(=O)(=O)c1ccc(C#N)c(Cl)c1)C(C)C(=O)O. The monoisotopic (exact) mass is 316 g/mol. The van der Waals surface area contributed by atoms with Gasteiger partial charge in [-0.2, -0.15) is 5.26 Å². The van der Waals surface area contributed by atoms with Gasteiger partial charge in [-0.05, 0) is 25.1 Å². The van der Waals surface area contributed by atoms with Gasteiger partial charge in [0.05, 0.1) is 21.4 Å². The molecule has 0 aromatic heterocycles. The van der Waals surface area contributed by atoms with E-state index >= 15 is 0 Å². The fourth-order valence-corrected chi connectivity index (χ4v) is 3.02. The Balaban J connectivity index is 3.04. The van der Waals surface area contributed by atoms with Crippen molar-refractivity contribution < 1.29 is 18.3 Å². The van der Waals surface area contributed by atoms with Crippen LogP contribution in [0.4, 0.5) is 0 Å². The number of hydrogen-bond acceptors (Lipinski definition) is 4. The molecule has 1 aromatic rings. The van der Waals surface area contributed by atoms with Gasteiger partial charge in [-0.25, -0.2) is 13.1 Å². The summed E-state index contributed by atoms with van der Waals surface area (Å²) >= 11 is 5.78. The molecule has 6 nitrogen and oxygen atoms in total. The minimum atomic E-state index is -3.89. The summed E-state index contributed by atoms with van der Waals surface area (Å²) in [7, 11) is -3.89. The number of rotatable bonds is 5. The van der Waals surface area contributed by atoms with Crippen molar-refractivity contribution in [1.82, 2.24) is 4.72 Å². The molecule has 0 fully saturated rings. The van der Waals surface area contributed by atoms with Crippen LogP contribution >= 0.6 is 11.6 Å². The van der Waals surface area contributed by atoms with Gasteiger partial charge in [-0.15, -0.1) is 0 Å². The molecule has 1 aromatic carbocycles. The third kappa shape index (κ3) is 3.70. The molecule has 2 N–H and O–H groups in total. The van der Waals surface area contributed by atoms with Crippen LogP contribution in [-0.2, 0) is 14.8 Å². The van der Waals surface area contributed by atoms with Crippen LogP contribution in [0.25, 0.3) is 0 Å². The van der Waals surface area contributed by atoms with E-state index in [1.54, 1.807) is 0 Å². The standard InChI is InChI=1S/C12H13ClN2O4S/c1-7(12(16)17)8(2)15-20(18,19)10-4-3-9(6-14)11(13)5-10/h3-5,7-8,15H,1-2H3,(H,16,17). The van der Waals surface area contributed by atoms with Crippen molar-refractivity contribution in [2.45, 2.75) is 24.8 Å². The van der Waals surface area contributed by atoms with Gasteiger partial charge in [0.25, 0.3) is 0 Å². The van der Waals surface area contributed by atoms with Crippen LogP contribution in [0.1, 0.15) is 19.4 Å². The highest BCUT2D eigenvalue weighted by Crippen LogP contribution is 2.20. The molecule has 108 valence electrons. The molecule has 1 rings (SSSR count). The first-order valence-electron chi connectivity index (χ1n) is 5.64. The average molecular weight is 317 g/mol. The van der Waals surface area contributed by atoms with Gasteiger partial charge < -0.3 is 5.11 Å². The van der Waals surface area contributed by atoms with Crippen molar-refractivity contribution in [2.24, 2.45) is 5.92 Å². The Labute approximate surface area is 122 Å². The number of carbonyl (C=O) groups is 1. The molecule has 2 unspecified atom stereocenters. The lowest BCUT2D eigenvalue weighted by Crippen LogP contribution is -2.39. The number of nitrogens with zero attached hydrogens (tertiary/aromatic N) is 1. The van der Waals surface area contributed by atoms with Crippen LogP contribution in [0.15, 0.2) is 23.1 Å². The fraction of sp³-hybridized carbons (Fsp3) is 0.333. The molecule has 0 aliphatic heterocycles. The Morgan fingerprint density at radius 1 is 1.45 bits per heavy atom. The van der Waals surface area contributed by atoms with E-state index in [0.717, 1.165) is 6.07 Å². The summed E-state index contributed by atoms with van der Waals surface area (Å²) in [5, 5.41) is 17.6. The largest absolute Gasteiger partial charge is 0.481 e. The molecule has 0 heterocycles. The van der Waals surface area contributed by atoms with Gasteiger partial charge in [0.1, 0.15) is 6.07 Å². The van der Waals surface area contributed by atoms with Crippen LogP contribution in [0, 0.1) is 17.2 Å². The fourth-order valence-electron chi connectivity index (χ4n) is 1.38. The van der Waals surface area contributed by atoms with Crippen LogP contribution in [0.2, 0.25) is 5.02 Å². The lowest BCUT2D eigenvalue weighted by molar-refractivity contribution is -0.141. The second-order valence-corrected chi connectivity index (χ2v) is 6.41.